The molecular formula is C12H17BrO. The third-order valence-electron chi connectivity index (χ3n) is 2.36. The second-order valence-corrected chi connectivity index (χ2v) is 4.44. The molecule has 0 N–H and O–H groups in total. The van der Waals surface area contributed by atoms with E-state index in [1.807, 2.05) is 0 Å². The third kappa shape index (κ3) is 3.81. The highest BCUT2D eigenvalue weighted by Gasteiger charge is 1.99. The lowest BCUT2D eigenvalue weighted by molar-refractivity contribution is 0.193. The number of hydrogen-bond acceptors (Lipinski definition) is 1. The molecule has 0 amide bonds. The maximum absolute atomic E-state index is 5.02. The van der Waals surface area contributed by atoms with Crippen molar-refractivity contribution in [3.05, 3.63) is 33.8 Å². The smallest absolute Gasteiger partial charge is 0.0462 e. The molecule has 1 aromatic rings. The number of benzene rings is 1. The predicted octanol–water partition coefficient (Wildman–Crippen LogP) is 3.73. The molecule has 0 atom stereocenters. The Kier molecular flexibility index (Phi) is 5.20. The fraction of sp³-hybridized carbons (Fsp3) is 0.500. The van der Waals surface area contributed by atoms with Gasteiger partial charge in [-0.05, 0) is 49.4 Å². The summed E-state index contributed by atoms with van der Waals surface area (Å²) in [5.41, 5.74) is 2.82. The molecule has 1 aromatic carbocycles. The van der Waals surface area contributed by atoms with Crippen LogP contribution in [0.5, 0.6) is 0 Å². The van der Waals surface area contributed by atoms with Crippen LogP contribution in [-0.2, 0) is 11.2 Å². The minimum absolute atomic E-state index is 0.868. The fourth-order valence-corrected chi connectivity index (χ4v) is 1.88. The zero-order valence-electron chi connectivity index (χ0n) is 8.85. The van der Waals surface area contributed by atoms with E-state index in [1.54, 1.807) is 7.11 Å². The molecule has 1 nitrogen and oxygen atoms in total. The molecule has 2 heteroatoms. The molecule has 0 spiro atoms. The van der Waals surface area contributed by atoms with Gasteiger partial charge in [-0.25, -0.2) is 0 Å². The third-order valence-corrected chi connectivity index (χ3v) is 2.85. The first kappa shape index (κ1) is 11.7. The van der Waals surface area contributed by atoms with E-state index in [0.717, 1.165) is 19.4 Å². The molecule has 0 fully saturated rings. The summed E-state index contributed by atoms with van der Waals surface area (Å²) in [6.45, 7) is 3.03. The number of methoxy groups -OCH3 is 1. The summed E-state index contributed by atoms with van der Waals surface area (Å²) in [5, 5.41) is 0. The molecule has 0 saturated carbocycles. The van der Waals surface area contributed by atoms with Crippen LogP contribution in [0.2, 0.25) is 0 Å². The summed E-state index contributed by atoms with van der Waals surface area (Å²) in [6, 6.07) is 6.46. The van der Waals surface area contributed by atoms with Gasteiger partial charge < -0.3 is 4.74 Å². The molecule has 0 aromatic heterocycles. The maximum atomic E-state index is 5.02. The molecule has 0 saturated heterocycles. The second-order valence-electron chi connectivity index (χ2n) is 3.52. The van der Waals surface area contributed by atoms with Crippen molar-refractivity contribution >= 4 is 15.9 Å². The molecule has 0 unspecified atom stereocenters. The summed E-state index contributed by atoms with van der Waals surface area (Å²) in [7, 11) is 1.75. The Bertz CT molecular complexity index is 284. The van der Waals surface area contributed by atoms with E-state index < -0.39 is 0 Å². The van der Waals surface area contributed by atoms with Crippen LogP contribution >= 0.6 is 15.9 Å². The molecule has 14 heavy (non-hydrogen) atoms. The summed E-state index contributed by atoms with van der Waals surface area (Å²) in [4.78, 5) is 0. The zero-order valence-corrected chi connectivity index (χ0v) is 10.4. The molecule has 0 bridgehead atoms. The molecule has 78 valence electrons. The zero-order chi connectivity index (χ0) is 10.4. The van der Waals surface area contributed by atoms with Gasteiger partial charge in [0.05, 0.1) is 0 Å². The van der Waals surface area contributed by atoms with E-state index in [9.17, 15) is 0 Å². The minimum Gasteiger partial charge on any atom is -0.385 e. The number of hydrogen-bond donors (Lipinski definition) is 0. The molecule has 0 aliphatic carbocycles. The Morgan fingerprint density at radius 1 is 1.29 bits per heavy atom. The van der Waals surface area contributed by atoms with Crippen molar-refractivity contribution in [2.75, 3.05) is 13.7 Å². The van der Waals surface area contributed by atoms with Crippen LogP contribution < -0.4 is 0 Å². The van der Waals surface area contributed by atoms with Crippen molar-refractivity contribution in [2.24, 2.45) is 0 Å². The van der Waals surface area contributed by atoms with E-state index >= 15 is 0 Å². The molecule has 0 aliphatic rings. The van der Waals surface area contributed by atoms with Crippen LogP contribution in [0.4, 0.5) is 0 Å². The van der Waals surface area contributed by atoms with Gasteiger partial charge in [0.2, 0.25) is 0 Å². The van der Waals surface area contributed by atoms with E-state index in [4.69, 9.17) is 4.74 Å². The van der Waals surface area contributed by atoms with Crippen molar-refractivity contribution in [3.63, 3.8) is 0 Å². The van der Waals surface area contributed by atoms with Gasteiger partial charge in [-0.15, -0.1) is 0 Å². The minimum atomic E-state index is 0.868. The topological polar surface area (TPSA) is 9.23 Å². The Hall–Kier alpha value is -0.340. The molecule has 0 radical (unpaired) electrons. The van der Waals surface area contributed by atoms with Gasteiger partial charge in [0.15, 0.2) is 0 Å². The monoisotopic (exact) mass is 256 g/mol. The Balaban J connectivity index is 2.45. The lowest BCUT2D eigenvalue weighted by Crippen LogP contribution is -1.93. The van der Waals surface area contributed by atoms with Gasteiger partial charge in [-0.3, -0.25) is 0 Å². The Morgan fingerprint density at radius 3 is 2.79 bits per heavy atom. The Labute approximate surface area is 94.6 Å². The van der Waals surface area contributed by atoms with Crippen LogP contribution in [0.25, 0.3) is 0 Å². The summed E-state index contributed by atoms with van der Waals surface area (Å²) < 4.78 is 6.20. The summed E-state index contributed by atoms with van der Waals surface area (Å²) >= 11 is 3.49. The van der Waals surface area contributed by atoms with Crippen molar-refractivity contribution < 1.29 is 4.74 Å². The lowest BCUT2D eigenvalue weighted by atomic mass is 10.0. The van der Waals surface area contributed by atoms with Crippen molar-refractivity contribution in [1.82, 2.24) is 0 Å². The van der Waals surface area contributed by atoms with Gasteiger partial charge in [-0.1, -0.05) is 22.0 Å². The first-order valence-electron chi connectivity index (χ1n) is 4.98. The molecule has 1 rings (SSSR count). The lowest BCUT2D eigenvalue weighted by Gasteiger charge is -2.06. The van der Waals surface area contributed by atoms with Crippen molar-refractivity contribution in [3.8, 4) is 0 Å². The number of unbranched alkanes of at least 4 members (excludes halogenated alkanes) is 1. The number of aryl methyl sites for hydroxylation is 2. The number of halogens is 1. The highest BCUT2D eigenvalue weighted by molar-refractivity contribution is 9.10. The van der Waals surface area contributed by atoms with Gasteiger partial charge in [0.1, 0.15) is 0 Å². The first-order chi connectivity index (χ1) is 6.74. The summed E-state index contributed by atoms with van der Waals surface area (Å²) in [6.07, 6.45) is 3.49. The average Bonchev–Trinajstić information content (AvgIpc) is 2.18. The van der Waals surface area contributed by atoms with Gasteiger partial charge in [-0.2, -0.15) is 0 Å². The van der Waals surface area contributed by atoms with Crippen molar-refractivity contribution in [1.29, 1.82) is 0 Å². The standard InChI is InChI=1S/C12H17BrO/c1-10-6-7-12(13)9-11(10)5-3-4-8-14-2/h6-7,9H,3-5,8H2,1-2H3. The van der Waals surface area contributed by atoms with Gasteiger partial charge in [0, 0.05) is 18.2 Å². The highest BCUT2D eigenvalue weighted by Crippen LogP contribution is 2.17. The van der Waals surface area contributed by atoms with Gasteiger partial charge >= 0.3 is 0 Å². The molecule has 0 aliphatic heterocycles. The largest absolute Gasteiger partial charge is 0.385 e. The predicted molar refractivity (Wildman–Crippen MR) is 63.7 cm³/mol. The van der Waals surface area contributed by atoms with Gasteiger partial charge in [0.25, 0.3) is 0 Å². The number of ether oxygens (including phenoxy) is 1. The SMILES string of the molecule is COCCCCc1cc(Br)ccc1C. The van der Waals surface area contributed by atoms with E-state index in [-0.39, 0.29) is 0 Å². The van der Waals surface area contributed by atoms with Crippen LogP contribution in [-0.4, -0.2) is 13.7 Å². The van der Waals surface area contributed by atoms with E-state index in [1.165, 1.54) is 22.0 Å². The van der Waals surface area contributed by atoms with E-state index in [2.05, 4.69) is 41.1 Å². The molecule has 0 heterocycles. The highest BCUT2D eigenvalue weighted by atomic mass is 79.9. The first-order valence-corrected chi connectivity index (χ1v) is 5.77. The van der Waals surface area contributed by atoms with E-state index in [0.29, 0.717) is 0 Å². The summed E-state index contributed by atoms with van der Waals surface area (Å²) in [5.74, 6) is 0. The van der Waals surface area contributed by atoms with Crippen molar-refractivity contribution in [2.45, 2.75) is 26.2 Å². The van der Waals surface area contributed by atoms with Crippen LogP contribution in [0, 0.1) is 6.92 Å². The number of rotatable bonds is 5. The van der Waals surface area contributed by atoms with Crippen LogP contribution in [0.3, 0.4) is 0 Å². The maximum Gasteiger partial charge on any atom is 0.0462 e. The normalized spacial score (nSPS) is 10.5. The van der Waals surface area contributed by atoms with Crippen LogP contribution in [0.1, 0.15) is 24.0 Å². The van der Waals surface area contributed by atoms with Crippen LogP contribution in [0.15, 0.2) is 22.7 Å². The quantitative estimate of drug-likeness (QED) is 0.730. The average molecular weight is 257 g/mol. The Morgan fingerprint density at radius 2 is 2.07 bits per heavy atom. The second kappa shape index (κ2) is 6.20. The fourth-order valence-electron chi connectivity index (χ4n) is 1.47. The molecular weight excluding hydrogens is 240 g/mol.